The summed E-state index contributed by atoms with van der Waals surface area (Å²) in [7, 11) is 0. The Labute approximate surface area is 159 Å². The molecule has 26 heavy (non-hydrogen) atoms. The van der Waals surface area contributed by atoms with Crippen LogP contribution >= 0.6 is 11.6 Å². The molecule has 1 aromatic carbocycles. The number of hydrogen-bond acceptors (Lipinski definition) is 4. The number of nitrogens with two attached hydrogens (primary N) is 1. The number of carbonyl (C=O) groups is 1. The van der Waals surface area contributed by atoms with E-state index in [0.29, 0.717) is 36.8 Å². The van der Waals surface area contributed by atoms with E-state index >= 15 is 0 Å². The van der Waals surface area contributed by atoms with Crippen molar-refractivity contribution in [2.75, 3.05) is 26.2 Å². The predicted molar refractivity (Wildman–Crippen MR) is 99.7 cm³/mol. The predicted octanol–water partition coefficient (Wildman–Crippen LogP) is 4.14. The van der Waals surface area contributed by atoms with Crippen molar-refractivity contribution >= 4 is 17.7 Å². The fourth-order valence-electron chi connectivity index (χ4n) is 3.19. The largest absolute Gasteiger partial charge is 0.444 e. The van der Waals surface area contributed by atoms with E-state index in [-0.39, 0.29) is 18.1 Å². The van der Waals surface area contributed by atoms with Crippen LogP contribution in [0.3, 0.4) is 0 Å². The second-order valence-corrected chi connectivity index (χ2v) is 8.05. The summed E-state index contributed by atoms with van der Waals surface area (Å²) in [6.45, 7) is 7.36. The highest BCUT2D eigenvalue weighted by Crippen LogP contribution is 2.34. The molecule has 1 aromatic rings. The van der Waals surface area contributed by atoms with E-state index in [2.05, 4.69) is 0 Å². The van der Waals surface area contributed by atoms with Gasteiger partial charge in [-0.2, -0.15) is 0 Å². The van der Waals surface area contributed by atoms with Gasteiger partial charge >= 0.3 is 6.09 Å². The highest BCUT2D eigenvalue weighted by Gasteiger charge is 2.33. The van der Waals surface area contributed by atoms with Gasteiger partial charge in [0.15, 0.2) is 0 Å². The van der Waals surface area contributed by atoms with Crippen LogP contribution in [0.25, 0.3) is 0 Å². The van der Waals surface area contributed by atoms with Crippen molar-refractivity contribution < 1.29 is 18.7 Å². The number of halogens is 2. The summed E-state index contributed by atoms with van der Waals surface area (Å²) < 4.78 is 25.2. The number of hydrogen-bond donors (Lipinski definition) is 1. The third-order valence-corrected chi connectivity index (χ3v) is 4.38. The molecule has 2 rings (SSSR count). The lowest BCUT2D eigenvalue weighted by atomic mass is 9.88. The van der Waals surface area contributed by atoms with Gasteiger partial charge in [-0.3, -0.25) is 0 Å². The van der Waals surface area contributed by atoms with E-state index in [0.717, 1.165) is 12.8 Å². The number of rotatable bonds is 5. The van der Waals surface area contributed by atoms with Crippen LogP contribution in [0.5, 0.6) is 0 Å². The minimum Gasteiger partial charge on any atom is -0.444 e. The maximum atomic E-state index is 13.8. The first-order chi connectivity index (χ1) is 12.2. The maximum Gasteiger partial charge on any atom is 0.410 e. The average Bonchev–Trinajstić information content (AvgIpc) is 2.53. The van der Waals surface area contributed by atoms with Crippen molar-refractivity contribution in [3.63, 3.8) is 0 Å². The monoisotopic (exact) mass is 386 g/mol. The number of benzene rings is 1. The minimum atomic E-state index is -0.546. The fourth-order valence-corrected chi connectivity index (χ4v) is 3.42. The van der Waals surface area contributed by atoms with Crippen molar-refractivity contribution in [3.8, 4) is 0 Å². The standard InChI is InChI=1S/C19H28ClFN2O3/c1-19(2,3)26-18(24)23-7-4-5-13(12-23)17(25-8-6-22)14-9-15(20)11-16(21)10-14/h9-11,13,17H,4-8,12,22H2,1-3H3/t13?,17-/m1/s1. The van der Waals surface area contributed by atoms with Crippen LogP contribution < -0.4 is 5.73 Å². The van der Waals surface area contributed by atoms with E-state index < -0.39 is 11.4 Å². The summed E-state index contributed by atoms with van der Waals surface area (Å²) in [6, 6.07) is 4.40. The molecule has 0 saturated carbocycles. The zero-order valence-corrected chi connectivity index (χ0v) is 16.4. The van der Waals surface area contributed by atoms with Crippen molar-refractivity contribution in [2.45, 2.75) is 45.3 Å². The molecule has 0 spiro atoms. The molecule has 2 atom stereocenters. The zero-order chi connectivity index (χ0) is 19.3. The molecule has 0 aliphatic carbocycles. The van der Waals surface area contributed by atoms with Gasteiger partial charge in [-0.25, -0.2) is 9.18 Å². The molecule has 0 bridgehead atoms. The molecule has 1 fully saturated rings. The molecular formula is C19H28ClFN2O3. The van der Waals surface area contributed by atoms with Crippen LogP contribution in [0.2, 0.25) is 5.02 Å². The van der Waals surface area contributed by atoms with Crippen LogP contribution in [-0.4, -0.2) is 42.8 Å². The Kier molecular flexibility index (Phi) is 7.26. The molecule has 5 nitrogen and oxygen atoms in total. The Morgan fingerprint density at radius 1 is 1.42 bits per heavy atom. The third-order valence-electron chi connectivity index (χ3n) is 4.17. The van der Waals surface area contributed by atoms with Crippen molar-refractivity contribution in [1.82, 2.24) is 4.90 Å². The molecule has 146 valence electrons. The Balaban J connectivity index is 2.17. The highest BCUT2D eigenvalue weighted by atomic mass is 35.5. The van der Waals surface area contributed by atoms with Gasteiger partial charge in [0.05, 0.1) is 12.7 Å². The Hall–Kier alpha value is -1.37. The molecule has 1 saturated heterocycles. The number of ether oxygens (including phenoxy) is 2. The number of likely N-dealkylation sites (tertiary alicyclic amines) is 1. The first-order valence-corrected chi connectivity index (χ1v) is 9.33. The lowest BCUT2D eigenvalue weighted by molar-refractivity contribution is -0.0234. The Morgan fingerprint density at radius 2 is 2.15 bits per heavy atom. The number of carbonyl (C=O) groups excluding carboxylic acids is 1. The molecule has 1 heterocycles. The first kappa shape index (κ1) is 20.9. The van der Waals surface area contributed by atoms with Gasteiger partial charge in [-0.15, -0.1) is 0 Å². The molecule has 1 aliphatic heterocycles. The summed E-state index contributed by atoms with van der Waals surface area (Å²) in [5, 5.41) is 0.321. The smallest absolute Gasteiger partial charge is 0.410 e. The molecule has 7 heteroatoms. The van der Waals surface area contributed by atoms with Gasteiger partial charge < -0.3 is 20.1 Å². The Morgan fingerprint density at radius 3 is 2.77 bits per heavy atom. The summed E-state index contributed by atoms with van der Waals surface area (Å²) in [4.78, 5) is 14.1. The molecule has 0 aromatic heterocycles. The quantitative estimate of drug-likeness (QED) is 0.825. The van der Waals surface area contributed by atoms with Crippen LogP contribution in [0.15, 0.2) is 18.2 Å². The lowest BCUT2D eigenvalue weighted by Crippen LogP contribution is -2.44. The van der Waals surface area contributed by atoms with E-state index in [4.69, 9.17) is 26.8 Å². The average molecular weight is 387 g/mol. The van der Waals surface area contributed by atoms with E-state index in [1.807, 2.05) is 20.8 Å². The van der Waals surface area contributed by atoms with E-state index in [9.17, 15) is 9.18 Å². The van der Waals surface area contributed by atoms with Crippen LogP contribution in [-0.2, 0) is 9.47 Å². The van der Waals surface area contributed by atoms with Crippen LogP contribution in [0.1, 0.15) is 45.3 Å². The minimum absolute atomic E-state index is 0.0145. The second-order valence-electron chi connectivity index (χ2n) is 7.61. The van der Waals surface area contributed by atoms with Gasteiger partial charge in [-0.05, 0) is 57.4 Å². The van der Waals surface area contributed by atoms with Gasteiger partial charge in [0.1, 0.15) is 11.4 Å². The van der Waals surface area contributed by atoms with Gasteiger partial charge in [0.2, 0.25) is 0 Å². The highest BCUT2D eigenvalue weighted by molar-refractivity contribution is 6.30. The fraction of sp³-hybridized carbons (Fsp3) is 0.632. The van der Waals surface area contributed by atoms with Crippen LogP contribution in [0, 0.1) is 11.7 Å². The van der Waals surface area contributed by atoms with Crippen LogP contribution in [0.4, 0.5) is 9.18 Å². The molecule has 1 amide bonds. The second kappa shape index (κ2) is 9.02. The number of nitrogens with zero attached hydrogens (tertiary/aromatic N) is 1. The van der Waals surface area contributed by atoms with Gasteiger partial charge in [-0.1, -0.05) is 11.6 Å². The van der Waals surface area contributed by atoms with Crippen molar-refractivity contribution in [2.24, 2.45) is 11.7 Å². The van der Waals surface area contributed by atoms with Crippen molar-refractivity contribution in [3.05, 3.63) is 34.6 Å². The SMILES string of the molecule is CC(C)(C)OC(=O)N1CCCC([C@@H](OCCN)c2cc(F)cc(Cl)c2)C1. The number of piperidine rings is 1. The zero-order valence-electron chi connectivity index (χ0n) is 15.6. The third kappa shape index (κ3) is 6.11. The molecule has 1 aliphatic rings. The molecule has 2 N–H and O–H groups in total. The number of amides is 1. The van der Waals surface area contributed by atoms with E-state index in [1.54, 1.807) is 11.0 Å². The lowest BCUT2D eigenvalue weighted by Gasteiger charge is -2.37. The first-order valence-electron chi connectivity index (χ1n) is 8.95. The normalized spacial score (nSPS) is 19.3. The van der Waals surface area contributed by atoms with E-state index in [1.165, 1.54) is 12.1 Å². The molecule has 0 radical (unpaired) electrons. The summed E-state index contributed by atoms with van der Waals surface area (Å²) >= 11 is 6.01. The Bertz CT molecular complexity index is 601. The van der Waals surface area contributed by atoms with Crippen molar-refractivity contribution in [1.29, 1.82) is 0 Å². The molecular weight excluding hydrogens is 359 g/mol. The summed E-state index contributed by atoms with van der Waals surface area (Å²) in [5.74, 6) is -0.394. The topological polar surface area (TPSA) is 64.8 Å². The summed E-state index contributed by atoms with van der Waals surface area (Å²) in [6.07, 6.45) is 0.979. The molecule has 1 unspecified atom stereocenters. The maximum absolute atomic E-state index is 13.8. The van der Waals surface area contributed by atoms with Gasteiger partial charge in [0.25, 0.3) is 0 Å². The summed E-state index contributed by atoms with van der Waals surface area (Å²) in [5.41, 5.74) is 5.70. The van der Waals surface area contributed by atoms with Gasteiger partial charge in [0, 0.05) is 30.6 Å².